The van der Waals surface area contributed by atoms with E-state index >= 15 is 0 Å². The van der Waals surface area contributed by atoms with Crippen molar-refractivity contribution in [3.63, 3.8) is 0 Å². The highest BCUT2D eigenvalue weighted by atomic mass is 79.9. The van der Waals surface area contributed by atoms with Gasteiger partial charge in [-0.3, -0.25) is 4.79 Å². The molecule has 0 aliphatic carbocycles. The molecule has 0 aromatic carbocycles. The van der Waals surface area contributed by atoms with E-state index in [9.17, 15) is 4.79 Å². The first kappa shape index (κ1) is 11.9. The molecule has 0 unspecified atom stereocenters. The minimum absolute atomic E-state index is 0.222. The van der Waals surface area contributed by atoms with Gasteiger partial charge in [-0.1, -0.05) is 11.8 Å². The standard InChI is InChI=1S/C11H13BrN2OS/c12-9-4-3-5-13-11(9)16-8-10(15)14-6-1-2-7-14/h3-5H,1-2,6-8H2. The molecule has 0 bridgehead atoms. The third-order valence-electron chi connectivity index (χ3n) is 2.52. The van der Waals surface area contributed by atoms with Crippen molar-refractivity contribution in [2.45, 2.75) is 17.9 Å². The molecule has 0 spiro atoms. The summed E-state index contributed by atoms with van der Waals surface area (Å²) in [6.45, 7) is 1.84. The summed E-state index contributed by atoms with van der Waals surface area (Å²) in [5.41, 5.74) is 0. The molecular weight excluding hydrogens is 288 g/mol. The predicted molar refractivity (Wildman–Crippen MR) is 68.5 cm³/mol. The van der Waals surface area contributed by atoms with Gasteiger partial charge < -0.3 is 4.90 Å². The average Bonchev–Trinajstić information content (AvgIpc) is 2.81. The average molecular weight is 301 g/mol. The molecule has 0 radical (unpaired) electrons. The fourth-order valence-electron chi connectivity index (χ4n) is 1.67. The molecule has 0 N–H and O–H groups in total. The Balaban J connectivity index is 1.87. The topological polar surface area (TPSA) is 33.2 Å². The number of amides is 1. The molecule has 0 atom stereocenters. The van der Waals surface area contributed by atoms with Crippen molar-refractivity contribution in [1.29, 1.82) is 0 Å². The van der Waals surface area contributed by atoms with Gasteiger partial charge in [0.25, 0.3) is 0 Å². The summed E-state index contributed by atoms with van der Waals surface area (Å²) in [6.07, 6.45) is 4.03. The van der Waals surface area contributed by atoms with E-state index < -0.39 is 0 Å². The molecule has 1 aliphatic rings. The number of aromatic nitrogens is 1. The van der Waals surface area contributed by atoms with Crippen LogP contribution in [0.3, 0.4) is 0 Å². The molecule has 1 aliphatic heterocycles. The first-order valence-corrected chi connectivity index (χ1v) is 7.06. The monoisotopic (exact) mass is 300 g/mol. The van der Waals surface area contributed by atoms with E-state index in [0.29, 0.717) is 5.75 Å². The van der Waals surface area contributed by atoms with Crippen molar-refractivity contribution in [2.75, 3.05) is 18.8 Å². The van der Waals surface area contributed by atoms with Gasteiger partial charge in [-0.15, -0.1) is 0 Å². The van der Waals surface area contributed by atoms with E-state index in [1.54, 1.807) is 6.20 Å². The number of halogens is 1. The Labute approximate surface area is 108 Å². The van der Waals surface area contributed by atoms with Crippen LogP contribution in [0.5, 0.6) is 0 Å². The molecule has 1 fully saturated rings. The number of likely N-dealkylation sites (tertiary alicyclic amines) is 1. The van der Waals surface area contributed by atoms with Crippen LogP contribution in [0.4, 0.5) is 0 Å². The number of thioether (sulfide) groups is 1. The molecule has 3 nitrogen and oxygen atoms in total. The van der Waals surface area contributed by atoms with E-state index in [1.165, 1.54) is 11.8 Å². The minimum atomic E-state index is 0.222. The first-order chi connectivity index (χ1) is 7.77. The van der Waals surface area contributed by atoms with Gasteiger partial charge in [-0.2, -0.15) is 0 Å². The molecular formula is C11H13BrN2OS. The van der Waals surface area contributed by atoms with E-state index in [0.717, 1.165) is 35.4 Å². The molecule has 16 heavy (non-hydrogen) atoms. The van der Waals surface area contributed by atoms with Gasteiger partial charge in [0, 0.05) is 23.8 Å². The maximum Gasteiger partial charge on any atom is 0.232 e. The molecule has 1 aromatic rings. The number of hydrogen-bond donors (Lipinski definition) is 0. The highest BCUT2D eigenvalue weighted by molar-refractivity contribution is 9.10. The Bertz CT molecular complexity index is 380. The SMILES string of the molecule is O=C(CSc1ncccc1Br)N1CCCC1. The maximum absolute atomic E-state index is 11.8. The Hall–Kier alpha value is -0.550. The van der Waals surface area contributed by atoms with Crippen molar-refractivity contribution >= 4 is 33.6 Å². The number of carbonyl (C=O) groups is 1. The molecule has 1 aromatic heterocycles. The lowest BCUT2D eigenvalue weighted by Gasteiger charge is -2.14. The van der Waals surface area contributed by atoms with Gasteiger partial charge in [0.1, 0.15) is 5.03 Å². The largest absolute Gasteiger partial charge is 0.342 e. The highest BCUT2D eigenvalue weighted by Gasteiger charge is 2.18. The van der Waals surface area contributed by atoms with E-state index in [1.807, 2.05) is 17.0 Å². The summed E-state index contributed by atoms with van der Waals surface area (Å²) in [5, 5.41) is 0.884. The fourth-order valence-corrected chi connectivity index (χ4v) is 3.05. The number of pyridine rings is 1. The van der Waals surface area contributed by atoms with Crippen molar-refractivity contribution in [1.82, 2.24) is 9.88 Å². The molecule has 5 heteroatoms. The van der Waals surface area contributed by atoms with Crippen LogP contribution in [-0.2, 0) is 4.79 Å². The molecule has 2 heterocycles. The zero-order chi connectivity index (χ0) is 11.4. The van der Waals surface area contributed by atoms with Gasteiger partial charge >= 0.3 is 0 Å². The van der Waals surface area contributed by atoms with Crippen LogP contribution in [0.15, 0.2) is 27.8 Å². The van der Waals surface area contributed by atoms with Gasteiger partial charge in [0.2, 0.25) is 5.91 Å². The second-order valence-corrected chi connectivity index (χ2v) is 5.49. The smallest absolute Gasteiger partial charge is 0.232 e. The van der Waals surface area contributed by atoms with Gasteiger partial charge in [-0.05, 0) is 40.9 Å². The molecule has 2 rings (SSSR count). The lowest BCUT2D eigenvalue weighted by Crippen LogP contribution is -2.29. The van der Waals surface area contributed by atoms with Crippen molar-refractivity contribution in [3.05, 3.63) is 22.8 Å². The summed E-state index contributed by atoms with van der Waals surface area (Å²) in [5.74, 6) is 0.704. The molecule has 1 amide bonds. The Morgan fingerprint density at radius 2 is 2.25 bits per heavy atom. The second-order valence-electron chi connectivity index (χ2n) is 3.67. The van der Waals surface area contributed by atoms with Gasteiger partial charge in [0.05, 0.1) is 5.75 Å². The highest BCUT2D eigenvalue weighted by Crippen LogP contribution is 2.25. The number of hydrogen-bond acceptors (Lipinski definition) is 3. The third kappa shape index (κ3) is 2.98. The lowest BCUT2D eigenvalue weighted by atomic mass is 10.4. The summed E-state index contributed by atoms with van der Waals surface area (Å²) in [7, 11) is 0. The van der Waals surface area contributed by atoms with Crippen molar-refractivity contribution < 1.29 is 4.79 Å². The van der Waals surface area contributed by atoms with Crippen LogP contribution in [0, 0.1) is 0 Å². The Morgan fingerprint density at radius 3 is 2.94 bits per heavy atom. The Kier molecular flexibility index (Phi) is 4.23. The number of carbonyl (C=O) groups excluding carboxylic acids is 1. The quantitative estimate of drug-likeness (QED) is 0.805. The summed E-state index contributed by atoms with van der Waals surface area (Å²) < 4.78 is 0.953. The maximum atomic E-state index is 11.8. The van der Waals surface area contributed by atoms with Crippen LogP contribution < -0.4 is 0 Å². The minimum Gasteiger partial charge on any atom is -0.342 e. The van der Waals surface area contributed by atoms with Gasteiger partial charge in [-0.25, -0.2) is 4.98 Å². The summed E-state index contributed by atoms with van der Waals surface area (Å²) in [4.78, 5) is 17.9. The molecule has 0 saturated carbocycles. The van der Waals surface area contributed by atoms with E-state index in [4.69, 9.17) is 0 Å². The van der Waals surface area contributed by atoms with E-state index in [-0.39, 0.29) is 5.91 Å². The summed E-state index contributed by atoms with van der Waals surface area (Å²) in [6, 6.07) is 3.81. The molecule has 86 valence electrons. The van der Waals surface area contributed by atoms with E-state index in [2.05, 4.69) is 20.9 Å². The van der Waals surface area contributed by atoms with Crippen LogP contribution in [-0.4, -0.2) is 34.6 Å². The third-order valence-corrected chi connectivity index (χ3v) is 4.41. The van der Waals surface area contributed by atoms with Crippen LogP contribution >= 0.6 is 27.7 Å². The van der Waals surface area contributed by atoms with Crippen molar-refractivity contribution in [3.8, 4) is 0 Å². The first-order valence-electron chi connectivity index (χ1n) is 5.28. The number of rotatable bonds is 3. The van der Waals surface area contributed by atoms with Crippen LogP contribution in [0.1, 0.15) is 12.8 Å². The van der Waals surface area contributed by atoms with Crippen LogP contribution in [0.2, 0.25) is 0 Å². The normalized spacial score (nSPS) is 15.4. The van der Waals surface area contributed by atoms with Crippen molar-refractivity contribution in [2.24, 2.45) is 0 Å². The Morgan fingerprint density at radius 1 is 1.50 bits per heavy atom. The fraction of sp³-hybridized carbons (Fsp3) is 0.455. The number of nitrogens with zero attached hydrogens (tertiary/aromatic N) is 2. The summed E-state index contributed by atoms with van der Waals surface area (Å²) >= 11 is 4.91. The molecule has 1 saturated heterocycles. The second kappa shape index (κ2) is 5.68. The zero-order valence-corrected chi connectivity index (χ0v) is 11.3. The van der Waals surface area contributed by atoms with Crippen LogP contribution in [0.25, 0.3) is 0 Å². The lowest BCUT2D eigenvalue weighted by molar-refractivity contribution is -0.127. The predicted octanol–water partition coefficient (Wildman–Crippen LogP) is 2.56. The van der Waals surface area contributed by atoms with Gasteiger partial charge in [0.15, 0.2) is 0 Å². The zero-order valence-electron chi connectivity index (χ0n) is 8.86.